The van der Waals surface area contributed by atoms with Gasteiger partial charge in [-0.15, -0.1) is 0 Å². The number of rotatable bonds is 8. The van der Waals surface area contributed by atoms with Gasteiger partial charge >= 0.3 is 0 Å². The van der Waals surface area contributed by atoms with Gasteiger partial charge in [-0.25, -0.2) is 9.37 Å². The predicted molar refractivity (Wildman–Crippen MR) is 135 cm³/mol. The van der Waals surface area contributed by atoms with Crippen molar-refractivity contribution in [3.63, 3.8) is 0 Å². The Balaban J connectivity index is 1.40. The maximum Gasteiger partial charge on any atom is 0.254 e. The molecule has 4 aromatic rings. The number of methoxy groups -OCH3 is 1. The van der Waals surface area contributed by atoms with E-state index in [4.69, 9.17) is 4.74 Å². The molecule has 1 saturated carbocycles. The van der Waals surface area contributed by atoms with E-state index >= 15 is 0 Å². The molecular weight excluding hydrogens is 459 g/mol. The summed E-state index contributed by atoms with van der Waals surface area (Å²) in [5.74, 6) is -0.0125. The lowest BCUT2D eigenvalue weighted by molar-refractivity contribution is -0.117. The Morgan fingerprint density at radius 2 is 1.81 bits per heavy atom. The minimum atomic E-state index is -0.355. The van der Waals surface area contributed by atoms with Crippen LogP contribution in [0.5, 0.6) is 5.75 Å². The first-order valence-electron chi connectivity index (χ1n) is 11.7. The topological polar surface area (TPSA) is 76.5 Å². The smallest absolute Gasteiger partial charge is 0.254 e. The lowest BCUT2D eigenvalue weighted by Crippen LogP contribution is -2.39. The molecule has 1 fully saturated rings. The number of ether oxygens (including phenoxy) is 1. The van der Waals surface area contributed by atoms with E-state index in [2.05, 4.69) is 10.3 Å². The van der Waals surface area contributed by atoms with Crippen LogP contribution in [-0.2, 0) is 4.79 Å². The van der Waals surface area contributed by atoms with Gasteiger partial charge in [0, 0.05) is 29.1 Å². The second-order valence-electron chi connectivity index (χ2n) is 8.61. The lowest BCUT2D eigenvalue weighted by Gasteiger charge is -2.22. The Morgan fingerprint density at radius 1 is 1.06 bits per heavy atom. The number of benzene rings is 3. The van der Waals surface area contributed by atoms with Gasteiger partial charge in [0.25, 0.3) is 5.91 Å². The van der Waals surface area contributed by atoms with Gasteiger partial charge in [0.1, 0.15) is 18.1 Å². The zero-order chi connectivity index (χ0) is 25.1. The number of imidazole rings is 1. The number of amides is 2. The molecule has 1 heterocycles. The number of carbonyl (C=O) groups is 2. The van der Waals surface area contributed by atoms with E-state index in [1.165, 1.54) is 12.1 Å². The highest BCUT2D eigenvalue weighted by atomic mass is 19.1. The summed E-state index contributed by atoms with van der Waals surface area (Å²) < 4.78 is 20.4. The molecule has 36 heavy (non-hydrogen) atoms. The molecule has 1 aliphatic carbocycles. The van der Waals surface area contributed by atoms with Gasteiger partial charge in [-0.2, -0.15) is 0 Å². The van der Waals surface area contributed by atoms with Gasteiger partial charge in [0.2, 0.25) is 11.9 Å². The highest BCUT2D eigenvalue weighted by Crippen LogP contribution is 2.29. The third kappa shape index (κ3) is 5.12. The summed E-state index contributed by atoms with van der Waals surface area (Å²) in [6.45, 7) is -0.103. The van der Waals surface area contributed by atoms with Crippen LogP contribution in [0, 0.1) is 5.82 Å². The van der Waals surface area contributed by atoms with E-state index in [0.717, 1.165) is 24.1 Å². The molecule has 0 bridgehead atoms. The normalized spacial score (nSPS) is 12.7. The summed E-state index contributed by atoms with van der Waals surface area (Å²) in [5, 5.41) is 2.87. The molecule has 3 aromatic carbocycles. The van der Waals surface area contributed by atoms with Crippen LogP contribution in [0.2, 0.25) is 0 Å². The molecule has 2 amide bonds. The molecular formula is C28H25FN4O3. The molecule has 0 saturated heterocycles. The average molecular weight is 485 g/mol. The second kappa shape index (κ2) is 10.0. The summed E-state index contributed by atoms with van der Waals surface area (Å²) >= 11 is 0. The maximum absolute atomic E-state index is 13.4. The number of nitrogens with zero attached hydrogens (tertiary/aromatic N) is 3. The zero-order valence-electron chi connectivity index (χ0n) is 19.7. The Bertz CT molecular complexity index is 1380. The largest absolute Gasteiger partial charge is 0.497 e. The average Bonchev–Trinajstić information content (AvgIpc) is 3.67. The van der Waals surface area contributed by atoms with Crippen LogP contribution < -0.4 is 10.1 Å². The van der Waals surface area contributed by atoms with Crippen molar-refractivity contribution < 1.29 is 18.7 Å². The van der Waals surface area contributed by atoms with Crippen LogP contribution >= 0.6 is 0 Å². The number of anilines is 1. The first-order valence-corrected chi connectivity index (χ1v) is 11.7. The molecule has 1 aliphatic rings. The number of hydrogen-bond donors (Lipinski definition) is 1. The summed E-state index contributed by atoms with van der Waals surface area (Å²) in [7, 11) is 1.55. The van der Waals surface area contributed by atoms with Crippen molar-refractivity contribution in [3.05, 3.63) is 96.4 Å². The molecule has 1 aromatic heterocycles. The Labute approximate surface area is 208 Å². The quantitative estimate of drug-likeness (QED) is 0.385. The van der Waals surface area contributed by atoms with Crippen LogP contribution in [0.3, 0.4) is 0 Å². The van der Waals surface area contributed by atoms with Crippen molar-refractivity contribution in [1.82, 2.24) is 14.5 Å². The monoisotopic (exact) mass is 484 g/mol. The summed E-state index contributed by atoms with van der Waals surface area (Å²) in [5.41, 5.74) is 2.58. The van der Waals surface area contributed by atoms with E-state index in [0.29, 0.717) is 23.0 Å². The van der Waals surface area contributed by atoms with Crippen molar-refractivity contribution in [2.75, 3.05) is 19.0 Å². The van der Waals surface area contributed by atoms with E-state index < -0.39 is 0 Å². The van der Waals surface area contributed by atoms with Gasteiger partial charge in [-0.3, -0.25) is 19.5 Å². The molecule has 0 aliphatic heterocycles. The first-order chi connectivity index (χ1) is 17.5. The van der Waals surface area contributed by atoms with Gasteiger partial charge < -0.3 is 9.64 Å². The molecule has 182 valence electrons. The van der Waals surface area contributed by atoms with E-state index in [1.807, 2.05) is 30.3 Å². The van der Waals surface area contributed by atoms with Gasteiger partial charge in [-0.1, -0.05) is 24.3 Å². The van der Waals surface area contributed by atoms with Crippen LogP contribution in [0.1, 0.15) is 23.2 Å². The van der Waals surface area contributed by atoms with Crippen molar-refractivity contribution in [2.45, 2.75) is 18.9 Å². The van der Waals surface area contributed by atoms with Crippen LogP contribution in [0.4, 0.5) is 10.3 Å². The molecule has 7 nitrogen and oxygen atoms in total. The first kappa shape index (κ1) is 23.3. The van der Waals surface area contributed by atoms with E-state index in [1.54, 1.807) is 59.2 Å². The Hall–Kier alpha value is -4.46. The van der Waals surface area contributed by atoms with E-state index in [-0.39, 0.29) is 30.2 Å². The van der Waals surface area contributed by atoms with Crippen molar-refractivity contribution >= 4 is 17.8 Å². The van der Waals surface area contributed by atoms with E-state index in [9.17, 15) is 14.0 Å². The van der Waals surface area contributed by atoms with Crippen LogP contribution in [0.25, 0.3) is 16.9 Å². The molecule has 0 spiro atoms. The van der Waals surface area contributed by atoms with Gasteiger partial charge in [-0.05, 0) is 67.4 Å². The number of para-hydroxylation sites is 1. The minimum Gasteiger partial charge on any atom is -0.497 e. The number of hydrogen-bond acceptors (Lipinski definition) is 4. The summed E-state index contributed by atoms with van der Waals surface area (Å²) in [4.78, 5) is 32.6. The number of aromatic nitrogens is 2. The fourth-order valence-electron chi connectivity index (χ4n) is 4.01. The lowest BCUT2D eigenvalue weighted by atomic mass is 10.2. The molecule has 0 atom stereocenters. The molecule has 0 unspecified atom stereocenters. The second-order valence-corrected chi connectivity index (χ2v) is 8.61. The number of halogens is 1. The van der Waals surface area contributed by atoms with Crippen LogP contribution in [-0.4, -0.2) is 46.0 Å². The fourth-order valence-corrected chi connectivity index (χ4v) is 4.01. The fraction of sp³-hybridized carbons (Fsp3) is 0.179. The van der Waals surface area contributed by atoms with Crippen molar-refractivity contribution in [3.8, 4) is 22.7 Å². The molecule has 1 N–H and O–H groups in total. The highest BCUT2D eigenvalue weighted by Gasteiger charge is 2.34. The third-order valence-corrected chi connectivity index (χ3v) is 6.01. The summed E-state index contributed by atoms with van der Waals surface area (Å²) in [6, 6.07) is 22.4. The van der Waals surface area contributed by atoms with Crippen LogP contribution in [0.15, 0.2) is 85.1 Å². The number of nitrogens with one attached hydrogen (secondary N) is 1. The standard InChI is InChI=1S/C28H25FN4O3/c1-36-24-9-5-6-20(16-24)27(35)32(23-14-15-23)18-26(34)31-28-30-25(19-10-12-21(29)13-11-19)17-33(28)22-7-3-2-4-8-22/h2-13,16-17,23H,14-15,18H2,1H3,(H,30,31,34). The molecule has 5 rings (SSSR count). The van der Waals surface area contributed by atoms with Crippen molar-refractivity contribution in [1.29, 1.82) is 0 Å². The minimum absolute atomic E-state index is 0.0260. The zero-order valence-corrected chi connectivity index (χ0v) is 19.7. The predicted octanol–water partition coefficient (Wildman–Crippen LogP) is 4.93. The summed E-state index contributed by atoms with van der Waals surface area (Å²) in [6.07, 6.45) is 3.50. The Kier molecular flexibility index (Phi) is 6.49. The van der Waals surface area contributed by atoms with Gasteiger partial charge in [0.15, 0.2) is 0 Å². The van der Waals surface area contributed by atoms with Crippen molar-refractivity contribution in [2.24, 2.45) is 0 Å². The molecule has 8 heteroatoms. The maximum atomic E-state index is 13.4. The number of carbonyl (C=O) groups excluding carboxylic acids is 2. The third-order valence-electron chi connectivity index (χ3n) is 6.01. The van der Waals surface area contributed by atoms with Gasteiger partial charge in [0.05, 0.1) is 12.8 Å². The highest BCUT2D eigenvalue weighted by molar-refractivity contribution is 5.99. The Morgan fingerprint density at radius 3 is 2.50 bits per heavy atom. The SMILES string of the molecule is COc1cccc(C(=O)N(CC(=O)Nc2nc(-c3ccc(F)cc3)cn2-c2ccccc2)C2CC2)c1. The molecule has 0 radical (unpaired) electrons.